The van der Waals surface area contributed by atoms with E-state index in [0.717, 1.165) is 63.9 Å². The van der Waals surface area contributed by atoms with Crippen molar-refractivity contribution in [1.82, 2.24) is 15.2 Å². The number of aliphatic imine (C=N–C) groups is 1. The van der Waals surface area contributed by atoms with Crippen molar-refractivity contribution in [1.29, 1.82) is 0 Å². The number of hydrogen-bond acceptors (Lipinski definition) is 4. The average Bonchev–Trinajstić information content (AvgIpc) is 2.77. The number of guanidine groups is 1. The van der Waals surface area contributed by atoms with Crippen LogP contribution >= 0.6 is 0 Å². The number of ether oxygens (including phenoxy) is 1. The van der Waals surface area contributed by atoms with Crippen molar-refractivity contribution in [2.45, 2.75) is 19.8 Å². The quantitative estimate of drug-likeness (QED) is 0.420. The van der Waals surface area contributed by atoms with Gasteiger partial charge in [-0.2, -0.15) is 0 Å². The smallest absolute Gasteiger partial charge is 0.194 e. The monoisotopic (exact) mass is 399 g/mol. The number of halogens is 1. The van der Waals surface area contributed by atoms with Crippen molar-refractivity contribution >= 4 is 11.8 Å². The predicted octanol–water partition coefficient (Wildman–Crippen LogP) is 3.17. The number of unbranched alkanes of at least 4 members (excludes halogenated alkanes) is 1. The molecule has 0 spiro atoms. The Morgan fingerprint density at radius 1 is 1.10 bits per heavy atom. The van der Waals surface area contributed by atoms with Gasteiger partial charge in [0.05, 0.1) is 6.61 Å². The minimum absolute atomic E-state index is 0.247. The number of anilines is 1. The molecule has 2 heterocycles. The highest BCUT2D eigenvalue weighted by Gasteiger charge is 2.20. The molecule has 7 heteroatoms. The summed E-state index contributed by atoms with van der Waals surface area (Å²) in [5.74, 6) is 2.47. The molecule has 6 nitrogen and oxygen atoms in total. The molecule has 1 N–H and O–H groups in total. The second-order valence-corrected chi connectivity index (χ2v) is 6.91. The fourth-order valence-corrected chi connectivity index (χ4v) is 3.23. The Kier molecular flexibility index (Phi) is 8.10. The molecule has 1 fully saturated rings. The highest BCUT2D eigenvalue weighted by molar-refractivity contribution is 5.80. The van der Waals surface area contributed by atoms with Crippen LogP contribution in [0.5, 0.6) is 5.75 Å². The van der Waals surface area contributed by atoms with Gasteiger partial charge in [-0.05, 0) is 56.2 Å². The van der Waals surface area contributed by atoms with Crippen molar-refractivity contribution in [2.75, 3.05) is 50.8 Å². The molecule has 0 aliphatic carbocycles. The van der Waals surface area contributed by atoms with Gasteiger partial charge >= 0.3 is 0 Å². The number of nitrogens with zero attached hydrogens (tertiary/aromatic N) is 4. The lowest BCUT2D eigenvalue weighted by atomic mass is 10.3. The Hall–Kier alpha value is -2.83. The van der Waals surface area contributed by atoms with Crippen LogP contribution in [0.15, 0.2) is 53.7 Å². The van der Waals surface area contributed by atoms with E-state index in [4.69, 9.17) is 9.73 Å². The number of benzene rings is 1. The maximum atomic E-state index is 12.9. The summed E-state index contributed by atoms with van der Waals surface area (Å²) in [4.78, 5) is 13.9. The Bertz CT molecular complexity index is 746. The fraction of sp³-hybridized carbons (Fsp3) is 0.455. The lowest BCUT2D eigenvalue weighted by Gasteiger charge is -2.37. The third kappa shape index (κ3) is 6.62. The number of nitrogens with one attached hydrogen (secondary N) is 1. The summed E-state index contributed by atoms with van der Waals surface area (Å²) < 4.78 is 18.5. The molecule has 1 aliphatic heterocycles. The Morgan fingerprint density at radius 3 is 2.59 bits per heavy atom. The molecule has 1 aliphatic rings. The first-order valence-corrected chi connectivity index (χ1v) is 10.3. The Balaban J connectivity index is 1.39. The van der Waals surface area contributed by atoms with Crippen LogP contribution in [0.2, 0.25) is 0 Å². The highest BCUT2D eigenvalue weighted by Crippen LogP contribution is 2.13. The third-order valence-electron chi connectivity index (χ3n) is 4.78. The summed E-state index contributed by atoms with van der Waals surface area (Å²) >= 11 is 0. The average molecular weight is 400 g/mol. The standard InChI is InChI=1S/C22H30FN5O/c1-2-24-22(26-13-5-6-18-29-20-10-8-19(23)9-11-20)28-16-14-27(15-17-28)21-7-3-4-12-25-21/h3-4,7-12H,2,5-6,13-18H2,1H3,(H,24,26). The topological polar surface area (TPSA) is 53.0 Å². The molecule has 1 saturated heterocycles. The normalized spacial score (nSPS) is 14.8. The molecule has 156 valence electrons. The first kappa shape index (κ1) is 20.9. The minimum atomic E-state index is -0.247. The van der Waals surface area contributed by atoms with Gasteiger partial charge in [0.15, 0.2) is 5.96 Å². The lowest BCUT2D eigenvalue weighted by Crippen LogP contribution is -2.52. The van der Waals surface area contributed by atoms with Gasteiger partial charge in [0.1, 0.15) is 17.4 Å². The zero-order valence-electron chi connectivity index (χ0n) is 17.1. The van der Waals surface area contributed by atoms with Gasteiger partial charge in [-0.1, -0.05) is 6.07 Å². The summed E-state index contributed by atoms with van der Waals surface area (Å²) in [5.41, 5.74) is 0. The summed E-state index contributed by atoms with van der Waals surface area (Å²) in [7, 11) is 0. The number of pyridine rings is 1. The molecule has 0 unspecified atom stereocenters. The second-order valence-electron chi connectivity index (χ2n) is 6.91. The third-order valence-corrected chi connectivity index (χ3v) is 4.78. The molecule has 0 radical (unpaired) electrons. The van der Waals surface area contributed by atoms with E-state index in [1.807, 2.05) is 18.3 Å². The first-order chi connectivity index (χ1) is 14.3. The highest BCUT2D eigenvalue weighted by atomic mass is 19.1. The maximum absolute atomic E-state index is 12.9. The van der Waals surface area contributed by atoms with Crippen LogP contribution < -0.4 is 15.0 Å². The van der Waals surface area contributed by atoms with Crippen LogP contribution in [0.3, 0.4) is 0 Å². The minimum Gasteiger partial charge on any atom is -0.494 e. The largest absolute Gasteiger partial charge is 0.494 e. The van der Waals surface area contributed by atoms with Crippen molar-refractivity contribution in [3.63, 3.8) is 0 Å². The summed E-state index contributed by atoms with van der Waals surface area (Å²) in [6.07, 6.45) is 3.70. The number of rotatable bonds is 8. The maximum Gasteiger partial charge on any atom is 0.194 e. The molecule has 2 aromatic rings. The van der Waals surface area contributed by atoms with Crippen LogP contribution in [-0.4, -0.2) is 61.7 Å². The molecule has 0 saturated carbocycles. The number of hydrogen-bond donors (Lipinski definition) is 1. The van der Waals surface area contributed by atoms with Crippen molar-refractivity contribution < 1.29 is 9.13 Å². The van der Waals surface area contributed by atoms with E-state index in [2.05, 4.69) is 33.1 Å². The van der Waals surface area contributed by atoms with Gasteiger partial charge in [0.25, 0.3) is 0 Å². The van der Waals surface area contributed by atoms with E-state index in [1.165, 1.54) is 12.1 Å². The molecule has 0 bridgehead atoms. The fourth-order valence-electron chi connectivity index (χ4n) is 3.23. The zero-order chi connectivity index (χ0) is 20.3. The Morgan fingerprint density at radius 2 is 1.90 bits per heavy atom. The van der Waals surface area contributed by atoms with Gasteiger partial charge in [-0.3, -0.25) is 4.99 Å². The van der Waals surface area contributed by atoms with E-state index in [1.54, 1.807) is 12.1 Å². The van der Waals surface area contributed by atoms with Gasteiger partial charge < -0.3 is 19.9 Å². The molecule has 3 rings (SSSR count). The van der Waals surface area contributed by atoms with Gasteiger partial charge in [0, 0.05) is 45.5 Å². The van der Waals surface area contributed by atoms with Gasteiger partial charge in [-0.15, -0.1) is 0 Å². The van der Waals surface area contributed by atoms with E-state index < -0.39 is 0 Å². The van der Waals surface area contributed by atoms with Crippen molar-refractivity contribution in [3.8, 4) is 5.75 Å². The van der Waals surface area contributed by atoms with E-state index >= 15 is 0 Å². The summed E-state index contributed by atoms with van der Waals surface area (Å²) in [6, 6.07) is 12.2. The van der Waals surface area contributed by atoms with Crippen LogP contribution in [0, 0.1) is 5.82 Å². The molecule has 29 heavy (non-hydrogen) atoms. The van der Waals surface area contributed by atoms with E-state index in [-0.39, 0.29) is 5.82 Å². The molecular weight excluding hydrogens is 369 g/mol. The van der Waals surface area contributed by atoms with Crippen molar-refractivity contribution in [3.05, 3.63) is 54.5 Å². The summed E-state index contributed by atoms with van der Waals surface area (Å²) in [6.45, 7) is 8.05. The zero-order valence-corrected chi connectivity index (χ0v) is 17.1. The van der Waals surface area contributed by atoms with Crippen molar-refractivity contribution in [2.24, 2.45) is 4.99 Å². The number of aromatic nitrogens is 1. The molecule has 0 amide bonds. The molecule has 1 aromatic carbocycles. The first-order valence-electron chi connectivity index (χ1n) is 10.3. The SMILES string of the molecule is CCNC(=NCCCCOc1ccc(F)cc1)N1CCN(c2ccccn2)CC1. The van der Waals surface area contributed by atoms with Crippen LogP contribution in [0.1, 0.15) is 19.8 Å². The molecular formula is C22H30FN5O. The van der Waals surface area contributed by atoms with Crippen LogP contribution in [0.4, 0.5) is 10.2 Å². The lowest BCUT2D eigenvalue weighted by molar-refractivity contribution is 0.307. The van der Waals surface area contributed by atoms with Gasteiger partial charge in [0.2, 0.25) is 0 Å². The second kappa shape index (κ2) is 11.2. The predicted molar refractivity (Wildman–Crippen MR) is 115 cm³/mol. The van der Waals surface area contributed by atoms with E-state index in [0.29, 0.717) is 12.4 Å². The number of piperazine rings is 1. The van der Waals surface area contributed by atoms with Crippen LogP contribution in [0.25, 0.3) is 0 Å². The van der Waals surface area contributed by atoms with E-state index in [9.17, 15) is 4.39 Å². The molecule has 1 aromatic heterocycles. The van der Waals surface area contributed by atoms with Gasteiger partial charge in [-0.25, -0.2) is 9.37 Å². The summed E-state index contributed by atoms with van der Waals surface area (Å²) in [5, 5.41) is 3.40. The van der Waals surface area contributed by atoms with Crippen LogP contribution in [-0.2, 0) is 0 Å². The Labute approximate surface area is 172 Å². The molecule has 0 atom stereocenters.